The van der Waals surface area contributed by atoms with Crippen molar-refractivity contribution < 1.29 is 5.11 Å². The molecule has 82 valence electrons. The normalized spacial score (nSPS) is 37.9. The lowest BCUT2D eigenvalue weighted by Crippen LogP contribution is -2.35. The molecule has 2 aliphatic rings. The number of hydrogen-bond acceptors (Lipinski definition) is 2. The minimum absolute atomic E-state index is 0.0231. The van der Waals surface area contributed by atoms with Crippen molar-refractivity contribution >= 4 is 11.8 Å². The summed E-state index contributed by atoms with van der Waals surface area (Å²) in [4.78, 5) is 0. The van der Waals surface area contributed by atoms with Crippen molar-refractivity contribution in [3.05, 3.63) is 0 Å². The molecule has 2 rings (SSSR count). The zero-order chi connectivity index (χ0) is 10.2. The van der Waals surface area contributed by atoms with E-state index >= 15 is 0 Å². The molecule has 1 nitrogen and oxygen atoms in total. The van der Waals surface area contributed by atoms with Gasteiger partial charge in [-0.3, -0.25) is 0 Å². The van der Waals surface area contributed by atoms with Crippen LogP contribution in [0.15, 0.2) is 0 Å². The summed E-state index contributed by atoms with van der Waals surface area (Å²) in [5.41, 5.74) is 0. The van der Waals surface area contributed by atoms with Gasteiger partial charge in [0.05, 0.1) is 6.10 Å². The van der Waals surface area contributed by atoms with Crippen LogP contribution in [0.25, 0.3) is 0 Å². The van der Waals surface area contributed by atoms with E-state index in [-0.39, 0.29) is 10.9 Å². The number of thioether (sulfide) groups is 1. The number of aliphatic hydroxyl groups is 1. The minimum Gasteiger partial charge on any atom is -0.391 e. The van der Waals surface area contributed by atoms with Crippen molar-refractivity contribution in [3.63, 3.8) is 0 Å². The predicted molar refractivity (Wildman–Crippen MR) is 62.6 cm³/mol. The molecule has 0 spiro atoms. The fourth-order valence-electron chi connectivity index (χ4n) is 2.77. The molecule has 14 heavy (non-hydrogen) atoms. The summed E-state index contributed by atoms with van der Waals surface area (Å²) in [5, 5.41) is 10.3. The Bertz CT molecular complexity index is 192. The molecule has 2 fully saturated rings. The SMILES string of the molecule is CSC1(C(O)C2CCC(C)CC2)CC1. The molecule has 1 atom stereocenters. The molecule has 1 unspecified atom stereocenters. The second-order valence-electron chi connectivity index (χ2n) is 5.23. The first kappa shape index (κ1) is 10.8. The van der Waals surface area contributed by atoms with Crippen molar-refractivity contribution in [1.29, 1.82) is 0 Å². The molecule has 0 radical (unpaired) electrons. The molecule has 0 amide bonds. The van der Waals surface area contributed by atoms with E-state index in [1.807, 2.05) is 11.8 Å². The van der Waals surface area contributed by atoms with Crippen LogP contribution >= 0.6 is 11.8 Å². The Labute approximate surface area is 91.7 Å². The average molecular weight is 214 g/mol. The van der Waals surface area contributed by atoms with Gasteiger partial charge in [0.1, 0.15) is 0 Å². The van der Waals surface area contributed by atoms with Crippen LogP contribution in [0, 0.1) is 11.8 Å². The summed E-state index contributed by atoms with van der Waals surface area (Å²) in [6, 6.07) is 0. The highest BCUT2D eigenvalue weighted by Crippen LogP contribution is 2.53. The van der Waals surface area contributed by atoms with Gasteiger partial charge in [-0.15, -0.1) is 0 Å². The van der Waals surface area contributed by atoms with Crippen molar-refractivity contribution in [2.45, 2.75) is 56.3 Å². The maximum atomic E-state index is 10.3. The van der Waals surface area contributed by atoms with Crippen LogP contribution < -0.4 is 0 Å². The van der Waals surface area contributed by atoms with Crippen LogP contribution in [0.4, 0.5) is 0 Å². The fourth-order valence-corrected chi connectivity index (χ4v) is 3.72. The zero-order valence-corrected chi connectivity index (χ0v) is 10.1. The number of hydrogen-bond donors (Lipinski definition) is 1. The highest BCUT2D eigenvalue weighted by Gasteiger charge is 2.51. The maximum absolute atomic E-state index is 10.3. The van der Waals surface area contributed by atoms with E-state index in [2.05, 4.69) is 13.2 Å². The molecule has 2 aliphatic carbocycles. The Morgan fingerprint density at radius 1 is 1.21 bits per heavy atom. The molecule has 0 aromatic heterocycles. The summed E-state index contributed by atoms with van der Waals surface area (Å²) in [7, 11) is 0. The van der Waals surface area contributed by atoms with Crippen LogP contribution in [0.2, 0.25) is 0 Å². The molecule has 0 aliphatic heterocycles. The smallest absolute Gasteiger partial charge is 0.0714 e. The van der Waals surface area contributed by atoms with Gasteiger partial charge in [-0.1, -0.05) is 19.8 Å². The average Bonchev–Trinajstić information content (AvgIpc) is 2.99. The predicted octanol–water partition coefficient (Wildman–Crippen LogP) is 3.07. The Morgan fingerprint density at radius 2 is 1.79 bits per heavy atom. The van der Waals surface area contributed by atoms with Gasteiger partial charge in [0, 0.05) is 4.75 Å². The van der Waals surface area contributed by atoms with Crippen LogP contribution in [-0.2, 0) is 0 Å². The van der Waals surface area contributed by atoms with Gasteiger partial charge in [0.25, 0.3) is 0 Å². The highest BCUT2D eigenvalue weighted by molar-refractivity contribution is 8.00. The van der Waals surface area contributed by atoms with E-state index in [0.717, 1.165) is 5.92 Å². The summed E-state index contributed by atoms with van der Waals surface area (Å²) < 4.78 is 0.269. The van der Waals surface area contributed by atoms with E-state index < -0.39 is 0 Å². The first-order valence-electron chi connectivity index (χ1n) is 5.91. The van der Waals surface area contributed by atoms with Gasteiger partial charge < -0.3 is 5.11 Å². The zero-order valence-electron chi connectivity index (χ0n) is 9.33. The van der Waals surface area contributed by atoms with Gasteiger partial charge in [0.2, 0.25) is 0 Å². The lowest BCUT2D eigenvalue weighted by Gasteiger charge is -2.33. The molecule has 0 aromatic carbocycles. The minimum atomic E-state index is -0.0231. The lowest BCUT2D eigenvalue weighted by atomic mass is 9.79. The Hall–Kier alpha value is 0.310. The summed E-state index contributed by atoms with van der Waals surface area (Å²) in [6.45, 7) is 2.34. The van der Waals surface area contributed by atoms with Crippen molar-refractivity contribution in [1.82, 2.24) is 0 Å². The van der Waals surface area contributed by atoms with Crippen molar-refractivity contribution in [2.24, 2.45) is 11.8 Å². The Kier molecular flexibility index (Phi) is 3.13. The van der Waals surface area contributed by atoms with Gasteiger partial charge in [-0.25, -0.2) is 0 Å². The van der Waals surface area contributed by atoms with Gasteiger partial charge >= 0.3 is 0 Å². The highest BCUT2D eigenvalue weighted by atomic mass is 32.2. The van der Waals surface area contributed by atoms with E-state index in [0.29, 0.717) is 5.92 Å². The number of aliphatic hydroxyl groups excluding tert-OH is 1. The van der Waals surface area contributed by atoms with Gasteiger partial charge in [-0.2, -0.15) is 11.8 Å². The van der Waals surface area contributed by atoms with Crippen molar-refractivity contribution in [2.75, 3.05) is 6.26 Å². The van der Waals surface area contributed by atoms with Crippen LogP contribution in [0.1, 0.15) is 45.4 Å². The molecule has 0 saturated heterocycles. The van der Waals surface area contributed by atoms with E-state index in [1.165, 1.54) is 38.5 Å². The summed E-state index contributed by atoms with van der Waals surface area (Å²) in [6.07, 6.45) is 9.77. The first-order chi connectivity index (χ1) is 6.68. The monoisotopic (exact) mass is 214 g/mol. The summed E-state index contributed by atoms with van der Waals surface area (Å²) in [5.74, 6) is 1.49. The van der Waals surface area contributed by atoms with Crippen LogP contribution in [0.5, 0.6) is 0 Å². The third-order valence-electron chi connectivity index (χ3n) is 4.20. The van der Waals surface area contributed by atoms with E-state index in [9.17, 15) is 5.11 Å². The van der Waals surface area contributed by atoms with E-state index in [4.69, 9.17) is 0 Å². The molecular formula is C12H22OS. The van der Waals surface area contributed by atoms with Crippen LogP contribution in [0.3, 0.4) is 0 Å². The Balaban J connectivity index is 1.89. The third kappa shape index (κ3) is 1.96. The lowest BCUT2D eigenvalue weighted by molar-refractivity contribution is 0.0681. The van der Waals surface area contributed by atoms with Gasteiger partial charge in [-0.05, 0) is 43.8 Å². The fraction of sp³-hybridized carbons (Fsp3) is 1.00. The molecule has 1 N–H and O–H groups in total. The largest absolute Gasteiger partial charge is 0.391 e. The molecule has 0 aromatic rings. The van der Waals surface area contributed by atoms with Crippen molar-refractivity contribution in [3.8, 4) is 0 Å². The first-order valence-corrected chi connectivity index (χ1v) is 7.13. The topological polar surface area (TPSA) is 20.2 Å². The molecule has 2 heteroatoms. The second kappa shape index (κ2) is 4.05. The Morgan fingerprint density at radius 3 is 2.21 bits per heavy atom. The molecule has 0 heterocycles. The molecule has 2 saturated carbocycles. The number of rotatable bonds is 3. The quantitative estimate of drug-likeness (QED) is 0.779. The maximum Gasteiger partial charge on any atom is 0.0714 e. The van der Waals surface area contributed by atoms with Crippen LogP contribution in [-0.4, -0.2) is 22.2 Å². The third-order valence-corrected chi connectivity index (χ3v) is 5.66. The standard InChI is InChI=1S/C12H22OS/c1-9-3-5-10(6-4-9)11(13)12(14-2)7-8-12/h9-11,13H,3-8H2,1-2H3. The molecule has 0 bridgehead atoms. The van der Waals surface area contributed by atoms with Gasteiger partial charge in [0.15, 0.2) is 0 Å². The molecular weight excluding hydrogens is 192 g/mol. The summed E-state index contributed by atoms with van der Waals surface area (Å²) >= 11 is 1.89. The second-order valence-corrected chi connectivity index (χ2v) is 6.45. The van der Waals surface area contributed by atoms with E-state index in [1.54, 1.807) is 0 Å².